The summed E-state index contributed by atoms with van der Waals surface area (Å²) in [6.45, 7) is 2.22. The van der Waals surface area contributed by atoms with Crippen LogP contribution in [0.2, 0.25) is 0 Å². The highest BCUT2D eigenvalue weighted by Gasteiger charge is 2.45. The first-order valence-corrected chi connectivity index (χ1v) is 11.1. The van der Waals surface area contributed by atoms with Gasteiger partial charge in [-0.3, -0.25) is 4.57 Å². The number of nitrogens with one attached hydrogen (secondary N) is 1. The number of ether oxygens (including phenoxy) is 5. The number of hydrogen-bond acceptors (Lipinski definition) is 13. The third kappa shape index (κ3) is 7.59. The Morgan fingerprint density at radius 2 is 1.86 bits per heavy atom. The van der Waals surface area contributed by atoms with Gasteiger partial charge in [0.15, 0.2) is 17.7 Å². The Kier molecular flexibility index (Phi) is 10.8. The van der Waals surface area contributed by atoms with Crippen molar-refractivity contribution in [2.75, 3.05) is 65.1 Å². The number of anilines is 1. The molecular weight excluding hydrogens is 482 g/mol. The van der Waals surface area contributed by atoms with Crippen molar-refractivity contribution in [1.29, 1.82) is 0 Å². The van der Waals surface area contributed by atoms with Crippen LogP contribution in [0.3, 0.4) is 0 Å². The van der Waals surface area contributed by atoms with E-state index in [1.54, 1.807) is 0 Å². The lowest BCUT2D eigenvalue weighted by molar-refractivity contribution is -0.0534. The van der Waals surface area contributed by atoms with Crippen LogP contribution >= 0.6 is 0 Å². The maximum Gasteiger partial charge on any atom is 0.407 e. The monoisotopic (exact) mass is 511 g/mol. The van der Waals surface area contributed by atoms with Crippen molar-refractivity contribution in [3.05, 3.63) is 23.1 Å². The molecule has 1 aliphatic heterocycles. The first kappa shape index (κ1) is 27.3. The average Bonchev–Trinajstić information content (AvgIpc) is 3.42. The van der Waals surface area contributed by atoms with E-state index in [0.717, 1.165) is 0 Å². The second kappa shape index (κ2) is 14.3. The van der Waals surface area contributed by atoms with Crippen LogP contribution in [0.15, 0.2) is 17.8 Å². The van der Waals surface area contributed by atoms with Crippen LogP contribution in [0.4, 0.5) is 10.6 Å². The van der Waals surface area contributed by atoms with E-state index in [9.17, 15) is 15.0 Å². The van der Waals surface area contributed by atoms with Crippen molar-refractivity contribution in [1.82, 2.24) is 24.8 Å². The highest BCUT2D eigenvalue weighted by atomic mass is 16.6. The van der Waals surface area contributed by atoms with Crippen LogP contribution in [-0.4, -0.2) is 113 Å². The van der Waals surface area contributed by atoms with Crippen molar-refractivity contribution in [2.45, 2.75) is 24.5 Å². The van der Waals surface area contributed by atoms with Gasteiger partial charge in [-0.05, 0) is 5.53 Å². The smallest absolute Gasteiger partial charge is 0.407 e. The first-order valence-electron chi connectivity index (χ1n) is 11.1. The van der Waals surface area contributed by atoms with Crippen molar-refractivity contribution in [3.8, 4) is 0 Å². The number of fused-ring (bicyclic) bond motifs is 1. The maximum absolute atomic E-state index is 11.9. The molecule has 0 spiro atoms. The van der Waals surface area contributed by atoms with Crippen LogP contribution in [0.25, 0.3) is 21.6 Å². The number of rotatable bonds is 15. The second-order valence-corrected chi connectivity index (χ2v) is 7.45. The topological polar surface area (TPSA) is 234 Å². The van der Waals surface area contributed by atoms with Crippen molar-refractivity contribution in [2.24, 2.45) is 5.11 Å². The number of alkyl carbamates (subject to hydrolysis) is 1. The molecule has 0 aromatic carbocycles. The van der Waals surface area contributed by atoms with Crippen LogP contribution in [-0.2, 0) is 23.7 Å². The lowest BCUT2D eigenvalue weighted by Crippen LogP contribution is -2.36. The van der Waals surface area contributed by atoms with E-state index in [2.05, 4.69) is 30.3 Å². The van der Waals surface area contributed by atoms with Crippen LogP contribution in [0, 0.1) is 0 Å². The molecule has 1 saturated heterocycles. The summed E-state index contributed by atoms with van der Waals surface area (Å²) in [4.78, 5) is 26.6. The molecule has 0 aliphatic carbocycles. The summed E-state index contributed by atoms with van der Waals surface area (Å²) in [5.41, 5.74) is 14.6. The molecule has 1 amide bonds. The van der Waals surface area contributed by atoms with Crippen molar-refractivity contribution < 1.29 is 38.7 Å². The summed E-state index contributed by atoms with van der Waals surface area (Å²) in [6, 6.07) is 0. The highest BCUT2D eigenvalue weighted by molar-refractivity contribution is 5.81. The van der Waals surface area contributed by atoms with Crippen LogP contribution in [0.1, 0.15) is 6.23 Å². The third-order valence-corrected chi connectivity index (χ3v) is 5.04. The number of imidazole rings is 1. The Morgan fingerprint density at radius 3 is 2.61 bits per heavy atom. The standard InChI is InChI=1S/C19H29N9O8/c20-16-13-17(24-10-23-16)28(11-25-13)18-15(30)14(29)12(36-18)9-35-19(31)22-1-3-32-5-7-34-8-6-33-4-2-26-27-21/h10-12,14-15,18,29-30H,1-9H2,(H,22,31)(H2,20,23,24)/t12-,14-,15-,18-/m1/s1. The number of carbonyl (C=O) groups excluding carboxylic acids is 1. The predicted molar refractivity (Wildman–Crippen MR) is 121 cm³/mol. The number of aliphatic hydroxyl groups is 2. The fraction of sp³-hybridized carbons (Fsp3) is 0.684. The number of aromatic nitrogens is 4. The molecule has 0 bridgehead atoms. The molecule has 17 heteroatoms. The lowest BCUT2D eigenvalue weighted by Gasteiger charge is -2.16. The molecule has 0 unspecified atom stereocenters. The molecular formula is C19H29N9O8. The Hall–Kier alpha value is -3.31. The Bertz CT molecular complexity index is 1020. The maximum atomic E-state index is 11.9. The summed E-state index contributed by atoms with van der Waals surface area (Å²) >= 11 is 0. The van der Waals surface area contributed by atoms with Gasteiger partial charge in [-0.2, -0.15) is 0 Å². The van der Waals surface area contributed by atoms with Gasteiger partial charge < -0.3 is 44.9 Å². The third-order valence-electron chi connectivity index (χ3n) is 5.04. The molecule has 4 atom stereocenters. The number of nitrogen functional groups attached to an aromatic ring is 1. The van der Waals surface area contributed by atoms with E-state index >= 15 is 0 Å². The lowest BCUT2D eigenvalue weighted by atomic mass is 10.1. The van der Waals surface area contributed by atoms with Gasteiger partial charge in [-0.25, -0.2) is 19.7 Å². The molecule has 5 N–H and O–H groups in total. The molecule has 36 heavy (non-hydrogen) atoms. The molecule has 3 rings (SSSR count). The Labute approximate surface area is 205 Å². The zero-order valence-electron chi connectivity index (χ0n) is 19.4. The van der Waals surface area contributed by atoms with Crippen molar-refractivity contribution in [3.63, 3.8) is 0 Å². The van der Waals surface area contributed by atoms with Gasteiger partial charge in [0, 0.05) is 18.0 Å². The fourth-order valence-electron chi connectivity index (χ4n) is 3.28. The highest BCUT2D eigenvalue weighted by Crippen LogP contribution is 2.32. The minimum atomic E-state index is -1.31. The van der Waals surface area contributed by atoms with Gasteiger partial charge in [0.25, 0.3) is 0 Å². The molecule has 198 valence electrons. The number of nitrogens with two attached hydrogens (primary N) is 1. The molecule has 0 saturated carbocycles. The Balaban J connectivity index is 1.27. The van der Waals surface area contributed by atoms with Crippen LogP contribution in [0.5, 0.6) is 0 Å². The van der Waals surface area contributed by atoms with E-state index in [1.807, 2.05) is 0 Å². The van der Waals surface area contributed by atoms with Gasteiger partial charge in [-0.15, -0.1) is 0 Å². The molecule has 0 radical (unpaired) electrons. The number of amides is 1. The molecule has 2 aromatic rings. The number of nitrogens with zero attached hydrogens (tertiary/aromatic N) is 7. The quantitative estimate of drug-likeness (QED) is 0.0986. The van der Waals surface area contributed by atoms with E-state index in [4.69, 9.17) is 34.9 Å². The van der Waals surface area contributed by atoms with E-state index < -0.39 is 30.6 Å². The van der Waals surface area contributed by atoms with Gasteiger partial charge in [0.2, 0.25) is 0 Å². The summed E-state index contributed by atoms with van der Waals surface area (Å²) in [5.74, 6) is 0.171. The summed E-state index contributed by atoms with van der Waals surface area (Å²) in [6.07, 6.45) is -2.69. The van der Waals surface area contributed by atoms with E-state index in [1.165, 1.54) is 17.2 Å². The fourth-order valence-corrected chi connectivity index (χ4v) is 3.28. The van der Waals surface area contributed by atoms with Gasteiger partial charge in [0.05, 0.1) is 46.0 Å². The first-order chi connectivity index (χ1) is 17.5. The summed E-state index contributed by atoms with van der Waals surface area (Å²) in [7, 11) is 0. The molecule has 2 aromatic heterocycles. The normalized spacial score (nSPS) is 21.4. The SMILES string of the molecule is [N-]=[N+]=NCCOCCOCCOCCNC(=O)OC[C@H]1O[C@@H](n2cnc3c(N)ncnc32)[C@H](O)[C@@H]1O. The second-order valence-electron chi connectivity index (χ2n) is 7.45. The number of azide groups is 1. The van der Waals surface area contributed by atoms with E-state index in [-0.39, 0.29) is 32.1 Å². The van der Waals surface area contributed by atoms with Crippen LogP contribution < -0.4 is 11.1 Å². The zero-order chi connectivity index (χ0) is 25.8. The zero-order valence-corrected chi connectivity index (χ0v) is 19.4. The van der Waals surface area contributed by atoms with Gasteiger partial charge in [-0.1, -0.05) is 5.11 Å². The van der Waals surface area contributed by atoms with Crippen molar-refractivity contribution >= 4 is 23.1 Å². The molecule has 1 aliphatic rings. The molecule has 1 fully saturated rings. The van der Waals surface area contributed by atoms with Gasteiger partial charge >= 0.3 is 6.09 Å². The molecule has 17 nitrogen and oxygen atoms in total. The number of hydrogen-bond donors (Lipinski definition) is 4. The largest absolute Gasteiger partial charge is 0.447 e. The average molecular weight is 511 g/mol. The summed E-state index contributed by atoms with van der Waals surface area (Å²) < 4.78 is 28.0. The number of carbonyl (C=O) groups is 1. The number of aliphatic hydroxyl groups excluding tert-OH is 2. The minimum absolute atomic E-state index is 0.171. The molecule has 3 heterocycles. The Morgan fingerprint density at radius 1 is 1.14 bits per heavy atom. The summed E-state index contributed by atoms with van der Waals surface area (Å²) in [5, 5.41) is 26.6. The minimum Gasteiger partial charge on any atom is -0.447 e. The van der Waals surface area contributed by atoms with E-state index in [0.29, 0.717) is 44.2 Å². The predicted octanol–water partition coefficient (Wildman–Crippen LogP) is -0.886. The van der Waals surface area contributed by atoms with Gasteiger partial charge in [0.1, 0.15) is 36.8 Å².